The quantitative estimate of drug-likeness (QED) is 0.500. The smallest absolute Gasteiger partial charge is 0.221 e. The fourth-order valence-electron chi connectivity index (χ4n) is 0.979. The van der Waals surface area contributed by atoms with Crippen molar-refractivity contribution in [1.29, 1.82) is 0 Å². The van der Waals surface area contributed by atoms with Gasteiger partial charge in [0.2, 0.25) is 5.91 Å². The zero-order valence-corrected chi connectivity index (χ0v) is 7.00. The lowest BCUT2D eigenvalue weighted by Crippen LogP contribution is -2.32. The molecule has 0 aliphatic carbocycles. The fraction of sp³-hybridized carbons (Fsp3) is 0.857. The van der Waals surface area contributed by atoms with E-state index < -0.39 is 0 Å². The van der Waals surface area contributed by atoms with Gasteiger partial charge in [0.1, 0.15) is 0 Å². The number of primary amides is 1. The first-order valence-corrected chi connectivity index (χ1v) is 3.74. The maximum atomic E-state index is 10.7. The van der Waals surface area contributed by atoms with Crippen LogP contribution in [-0.4, -0.2) is 17.7 Å². The number of hydroxylamine groups is 1. The highest BCUT2D eigenvalue weighted by Crippen LogP contribution is 2.09. The molecule has 1 amide bonds. The Labute approximate surface area is 66.7 Å². The van der Waals surface area contributed by atoms with E-state index in [0.717, 1.165) is 0 Å². The molecule has 0 bridgehead atoms. The average Bonchev–Trinajstić information content (AvgIpc) is 1.86. The lowest BCUT2D eigenvalue weighted by molar-refractivity contribution is -0.122. The van der Waals surface area contributed by atoms with Crippen molar-refractivity contribution in [2.75, 3.05) is 6.54 Å². The summed E-state index contributed by atoms with van der Waals surface area (Å²) >= 11 is 0. The summed E-state index contributed by atoms with van der Waals surface area (Å²) in [5.41, 5.74) is 7.03. The van der Waals surface area contributed by atoms with Crippen LogP contribution in [0.4, 0.5) is 0 Å². The monoisotopic (exact) mass is 160 g/mol. The van der Waals surface area contributed by atoms with Gasteiger partial charge in [-0.25, -0.2) is 5.48 Å². The molecule has 4 N–H and O–H groups in total. The summed E-state index contributed by atoms with van der Waals surface area (Å²) in [4.78, 5) is 10.7. The Balaban J connectivity index is 3.79. The number of hydrogen-bond acceptors (Lipinski definition) is 3. The van der Waals surface area contributed by atoms with Crippen molar-refractivity contribution in [3.63, 3.8) is 0 Å². The van der Waals surface area contributed by atoms with Gasteiger partial charge in [-0.1, -0.05) is 13.8 Å². The molecule has 0 saturated carbocycles. The molecule has 0 radical (unpaired) electrons. The second-order valence-corrected chi connectivity index (χ2v) is 3.09. The SMILES string of the molecule is CC(C)C[C@H](CNO)C(N)=O. The third-order valence-corrected chi connectivity index (χ3v) is 1.50. The molecule has 0 rings (SSSR count). The van der Waals surface area contributed by atoms with Crippen molar-refractivity contribution in [2.24, 2.45) is 17.6 Å². The molecule has 4 heteroatoms. The Hall–Kier alpha value is -0.610. The predicted octanol–water partition coefficient (Wildman–Crippen LogP) is 0.113. The summed E-state index contributed by atoms with van der Waals surface area (Å²) in [7, 11) is 0. The second-order valence-electron chi connectivity index (χ2n) is 3.09. The topological polar surface area (TPSA) is 75.3 Å². The standard InChI is InChI=1S/C7H16N2O2/c1-5(2)3-6(4-9-11)7(8)10/h5-6,9,11H,3-4H2,1-2H3,(H2,8,10)/t6-/m1/s1. The van der Waals surface area contributed by atoms with Crippen LogP contribution in [0, 0.1) is 11.8 Å². The molecular formula is C7H16N2O2. The Morgan fingerprint density at radius 3 is 2.45 bits per heavy atom. The maximum absolute atomic E-state index is 10.7. The molecule has 0 spiro atoms. The van der Waals surface area contributed by atoms with Crippen molar-refractivity contribution in [2.45, 2.75) is 20.3 Å². The van der Waals surface area contributed by atoms with Gasteiger partial charge in [0.15, 0.2) is 0 Å². The largest absolute Gasteiger partial charge is 0.369 e. The van der Waals surface area contributed by atoms with E-state index in [2.05, 4.69) is 0 Å². The van der Waals surface area contributed by atoms with Crippen LogP contribution < -0.4 is 11.2 Å². The number of nitrogens with two attached hydrogens (primary N) is 1. The van der Waals surface area contributed by atoms with E-state index in [1.54, 1.807) is 0 Å². The van der Waals surface area contributed by atoms with Gasteiger partial charge in [0.05, 0.1) is 5.92 Å². The zero-order chi connectivity index (χ0) is 8.85. The molecule has 0 aromatic rings. The first kappa shape index (κ1) is 10.4. The summed E-state index contributed by atoms with van der Waals surface area (Å²) < 4.78 is 0. The summed E-state index contributed by atoms with van der Waals surface area (Å²) in [5, 5.41) is 8.34. The first-order chi connectivity index (χ1) is 5.07. The van der Waals surface area contributed by atoms with Crippen molar-refractivity contribution < 1.29 is 10.0 Å². The first-order valence-electron chi connectivity index (χ1n) is 3.74. The minimum absolute atomic E-state index is 0.244. The normalized spacial score (nSPS) is 13.5. The van der Waals surface area contributed by atoms with Crippen LogP contribution in [-0.2, 0) is 4.79 Å². The van der Waals surface area contributed by atoms with E-state index in [4.69, 9.17) is 10.9 Å². The molecule has 0 heterocycles. The number of carbonyl (C=O) groups excluding carboxylic acids is 1. The number of amides is 1. The fourth-order valence-corrected chi connectivity index (χ4v) is 0.979. The summed E-state index contributed by atoms with van der Waals surface area (Å²) in [6.07, 6.45) is 0.711. The van der Waals surface area contributed by atoms with Gasteiger partial charge in [-0.15, -0.1) is 0 Å². The van der Waals surface area contributed by atoms with Gasteiger partial charge in [0, 0.05) is 6.54 Å². The third kappa shape index (κ3) is 4.75. The Morgan fingerprint density at radius 2 is 2.18 bits per heavy atom. The zero-order valence-electron chi connectivity index (χ0n) is 7.00. The van der Waals surface area contributed by atoms with E-state index in [1.807, 2.05) is 19.3 Å². The van der Waals surface area contributed by atoms with Crippen molar-refractivity contribution >= 4 is 5.91 Å². The van der Waals surface area contributed by atoms with E-state index in [-0.39, 0.29) is 18.4 Å². The Kier molecular flexibility index (Phi) is 4.81. The summed E-state index contributed by atoms with van der Waals surface area (Å²) in [6.45, 7) is 4.26. The van der Waals surface area contributed by atoms with Gasteiger partial charge in [-0.2, -0.15) is 0 Å². The molecule has 0 aliphatic rings. The van der Waals surface area contributed by atoms with Crippen molar-refractivity contribution in [3.8, 4) is 0 Å². The number of nitrogens with one attached hydrogen (secondary N) is 1. The molecule has 0 unspecified atom stereocenters. The minimum Gasteiger partial charge on any atom is -0.369 e. The number of rotatable bonds is 5. The summed E-state index contributed by atoms with van der Waals surface area (Å²) in [5.74, 6) is -0.207. The number of carbonyl (C=O) groups is 1. The summed E-state index contributed by atoms with van der Waals surface area (Å²) in [6, 6.07) is 0. The lowest BCUT2D eigenvalue weighted by atomic mass is 9.97. The highest BCUT2D eigenvalue weighted by molar-refractivity contribution is 5.76. The highest BCUT2D eigenvalue weighted by Gasteiger charge is 2.15. The van der Waals surface area contributed by atoms with Crippen LogP contribution in [0.25, 0.3) is 0 Å². The molecule has 1 atom stereocenters. The van der Waals surface area contributed by atoms with E-state index in [0.29, 0.717) is 12.3 Å². The van der Waals surface area contributed by atoms with Gasteiger partial charge >= 0.3 is 0 Å². The van der Waals surface area contributed by atoms with Gasteiger partial charge in [-0.3, -0.25) is 4.79 Å². The Bertz CT molecular complexity index is 126. The van der Waals surface area contributed by atoms with Crippen molar-refractivity contribution in [3.05, 3.63) is 0 Å². The predicted molar refractivity (Wildman–Crippen MR) is 41.9 cm³/mol. The molecule has 0 aromatic carbocycles. The van der Waals surface area contributed by atoms with Crippen LogP contribution in [0.1, 0.15) is 20.3 Å². The van der Waals surface area contributed by atoms with Gasteiger partial charge in [-0.05, 0) is 12.3 Å². The van der Waals surface area contributed by atoms with Crippen LogP contribution in [0.2, 0.25) is 0 Å². The lowest BCUT2D eigenvalue weighted by Gasteiger charge is -2.13. The molecule has 0 fully saturated rings. The molecule has 0 saturated heterocycles. The maximum Gasteiger partial charge on any atom is 0.221 e. The van der Waals surface area contributed by atoms with E-state index in [9.17, 15) is 4.79 Å². The van der Waals surface area contributed by atoms with Gasteiger partial charge < -0.3 is 10.9 Å². The second kappa shape index (κ2) is 5.09. The molecule has 4 nitrogen and oxygen atoms in total. The molecule has 66 valence electrons. The van der Waals surface area contributed by atoms with Crippen LogP contribution in [0.15, 0.2) is 0 Å². The molecule has 0 aliphatic heterocycles. The van der Waals surface area contributed by atoms with E-state index >= 15 is 0 Å². The Morgan fingerprint density at radius 1 is 1.64 bits per heavy atom. The van der Waals surface area contributed by atoms with Crippen LogP contribution >= 0.6 is 0 Å². The average molecular weight is 160 g/mol. The van der Waals surface area contributed by atoms with Crippen LogP contribution in [0.5, 0.6) is 0 Å². The molecule has 0 aromatic heterocycles. The molecular weight excluding hydrogens is 144 g/mol. The van der Waals surface area contributed by atoms with E-state index in [1.165, 1.54) is 0 Å². The van der Waals surface area contributed by atoms with Gasteiger partial charge in [0.25, 0.3) is 0 Å². The van der Waals surface area contributed by atoms with Crippen LogP contribution in [0.3, 0.4) is 0 Å². The number of hydrogen-bond donors (Lipinski definition) is 3. The minimum atomic E-state index is -0.361. The third-order valence-electron chi connectivity index (χ3n) is 1.50. The van der Waals surface area contributed by atoms with Crippen molar-refractivity contribution in [1.82, 2.24) is 5.48 Å². The highest BCUT2D eigenvalue weighted by atomic mass is 16.5. The molecule has 11 heavy (non-hydrogen) atoms.